The summed E-state index contributed by atoms with van der Waals surface area (Å²) < 4.78 is 0. The third-order valence-corrected chi connectivity index (χ3v) is 4.40. The van der Waals surface area contributed by atoms with Gasteiger partial charge in [0, 0.05) is 12.6 Å². The second-order valence-corrected chi connectivity index (χ2v) is 6.48. The van der Waals surface area contributed by atoms with E-state index < -0.39 is 5.60 Å². The number of hydrogen-bond donors (Lipinski definition) is 2. The third kappa shape index (κ3) is 4.23. The fraction of sp³-hybridized carbons (Fsp3) is 0.692. The Balaban J connectivity index is 1.96. The van der Waals surface area contributed by atoms with Gasteiger partial charge in [-0.2, -0.15) is 0 Å². The van der Waals surface area contributed by atoms with Crippen LogP contribution in [0.4, 0.5) is 5.82 Å². The summed E-state index contributed by atoms with van der Waals surface area (Å²) in [5, 5.41) is 14.7. The van der Waals surface area contributed by atoms with E-state index in [0.29, 0.717) is 22.7 Å². The molecule has 1 aromatic heterocycles. The molecule has 1 aromatic rings. The van der Waals surface area contributed by atoms with Gasteiger partial charge in [-0.15, -0.1) is 0 Å². The van der Waals surface area contributed by atoms with Crippen LogP contribution in [-0.4, -0.2) is 33.5 Å². The predicted molar refractivity (Wildman–Crippen MR) is 79.9 cm³/mol. The Bertz CT molecular complexity index is 436. The summed E-state index contributed by atoms with van der Waals surface area (Å²) in [6, 6.07) is 1.69. The minimum Gasteiger partial charge on any atom is -0.388 e. The van der Waals surface area contributed by atoms with Gasteiger partial charge in [0.1, 0.15) is 11.0 Å². The quantitative estimate of drug-likeness (QED) is 0.508. The van der Waals surface area contributed by atoms with Crippen molar-refractivity contribution in [3.05, 3.63) is 11.2 Å². The van der Waals surface area contributed by atoms with Gasteiger partial charge in [-0.3, -0.25) is 0 Å². The van der Waals surface area contributed by atoms with E-state index in [1.165, 1.54) is 11.8 Å². The van der Waals surface area contributed by atoms with E-state index in [9.17, 15) is 5.11 Å². The molecule has 2 rings (SSSR count). The average Bonchev–Trinajstić information content (AvgIpc) is 2.40. The molecule has 2 N–H and O–H groups in total. The summed E-state index contributed by atoms with van der Waals surface area (Å²) in [5.41, 5.74) is -0.622. The number of hydrogen-bond acceptors (Lipinski definition) is 5. The molecule has 0 unspecified atom stereocenters. The van der Waals surface area contributed by atoms with Gasteiger partial charge in [0.25, 0.3) is 0 Å². The van der Waals surface area contributed by atoms with Crippen molar-refractivity contribution in [2.45, 2.75) is 43.4 Å². The monoisotopic (exact) mass is 301 g/mol. The molecule has 19 heavy (non-hydrogen) atoms. The van der Waals surface area contributed by atoms with Gasteiger partial charge in [0.2, 0.25) is 0 Å². The van der Waals surface area contributed by atoms with Crippen LogP contribution in [-0.2, 0) is 0 Å². The fourth-order valence-corrected chi connectivity index (χ4v) is 2.92. The van der Waals surface area contributed by atoms with Crippen molar-refractivity contribution in [3.63, 3.8) is 0 Å². The average molecular weight is 302 g/mol. The van der Waals surface area contributed by atoms with Crippen LogP contribution in [0, 0.1) is 5.92 Å². The maximum Gasteiger partial charge on any atom is 0.190 e. The normalized spacial score (nSPS) is 27.3. The molecular weight excluding hydrogens is 282 g/mol. The van der Waals surface area contributed by atoms with Crippen molar-refractivity contribution in [3.8, 4) is 0 Å². The van der Waals surface area contributed by atoms with E-state index in [0.717, 1.165) is 31.6 Å². The second-order valence-electron chi connectivity index (χ2n) is 5.32. The largest absolute Gasteiger partial charge is 0.388 e. The smallest absolute Gasteiger partial charge is 0.190 e. The summed E-state index contributed by atoms with van der Waals surface area (Å²) >= 11 is 7.39. The molecule has 1 saturated carbocycles. The number of rotatable bonds is 4. The molecule has 1 heterocycles. The van der Waals surface area contributed by atoms with Crippen LogP contribution in [0.2, 0.25) is 5.15 Å². The molecular formula is C13H20ClN3OS. The maximum absolute atomic E-state index is 10.5. The lowest BCUT2D eigenvalue weighted by atomic mass is 9.79. The number of aromatic nitrogens is 2. The molecule has 0 saturated heterocycles. The SMILES string of the molecule is CSc1nc(Cl)cc(NCC2(O)CCC(C)CC2)n1. The first-order chi connectivity index (χ1) is 9.00. The molecule has 0 bridgehead atoms. The van der Waals surface area contributed by atoms with Crippen LogP contribution in [0.25, 0.3) is 0 Å². The number of anilines is 1. The lowest BCUT2D eigenvalue weighted by molar-refractivity contribution is 0.00493. The lowest BCUT2D eigenvalue weighted by Crippen LogP contribution is -2.40. The first-order valence-electron chi connectivity index (χ1n) is 6.55. The van der Waals surface area contributed by atoms with E-state index in [1.54, 1.807) is 6.07 Å². The van der Waals surface area contributed by atoms with E-state index in [4.69, 9.17) is 11.6 Å². The number of thioether (sulfide) groups is 1. The second kappa shape index (κ2) is 6.29. The van der Waals surface area contributed by atoms with E-state index >= 15 is 0 Å². The highest BCUT2D eigenvalue weighted by molar-refractivity contribution is 7.98. The zero-order valence-electron chi connectivity index (χ0n) is 11.3. The minimum atomic E-state index is -0.622. The molecule has 0 spiro atoms. The highest BCUT2D eigenvalue weighted by Gasteiger charge is 2.31. The molecule has 0 aromatic carbocycles. The molecule has 106 valence electrons. The molecule has 6 heteroatoms. The molecule has 0 atom stereocenters. The van der Waals surface area contributed by atoms with E-state index in [2.05, 4.69) is 22.2 Å². The molecule has 1 fully saturated rings. The van der Waals surface area contributed by atoms with Gasteiger partial charge < -0.3 is 10.4 Å². The predicted octanol–water partition coefficient (Wildman–Crippen LogP) is 3.21. The molecule has 0 amide bonds. The topological polar surface area (TPSA) is 58.0 Å². The summed E-state index contributed by atoms with van der Waals surface area (Å²) in [5.74, 6) is 1.40. The lowest BCUT2D eigenvalue weighted by Gasteiger charge is -2.35. The van der Waals surface area contributed by atoms with Crippen LogP contribution in [0.3, 0.4) is 0 Å². The zero-order chi connectivity index (χ0) is 13.9. The summed E-state index contributed by atoms with van der Waals surface area (Å²) in [7, 11) is 0. The Morgan fingerprint density at radius 2 is 2.16 bits per heavy atom. The first kappa shape index (κ1) is 14.9. The first-order valence-corrected chi connectivity index (χ1v) is 8.16. The minimum absolute atomic E-state index is 0.422. The van der Waals surface area contributed by atoms with Crippen LogP contribution in [0.1, 0.15) is 32.6 Å². The van der Waals surface area contributed by atoms with Crippen molar-refractivity contribution in [1.29, 1.82) is 0 Å². The van der Waals surface area contributed by atoms with Gasteiger partial charge in [-0.1, -0.05) is 30.3 Å². The van der Waals surface area contributed by atoms with Gasteiger partial charge in [-0.25, -0.2) is 9.97 Å². The molecule has 0 radical (unpaired) electrons. The van der Waals surface area contributed by atoms with Crippen molar-refractivity contribution in [2.24, 2.45) is 5.92 Å². The number of halogens is 1. The Morgan fingerprint density at radius 1 is 1.47 bits per heavy atom. The van der Waals surface area contributed by atoms with E-state index in [1.807, 2.05) is 6.26 Å². The summed E-state index contributed by atoms with van der Waals surface area (Å²) in [6.45, 7) is 2.75. The Hall–Kier alpha value is -0.520. The van der Waals surface area contributed by atoms with Crippen LogP contribution in [0.5, 0.6) is 0 Å². The summed E-state index contributed by atoms with van der Waals surface area (Å²) in [6.07, 6.45) is 5.76. The van der Waals surface area contributed by atoms with E-state index in [-0.39, 0.29) is 0 Å². The molecule has 1 aliphatic carbocycles. The van der Waals surface area contributed by atoms with Gasteiger partial charge >= 0.3 is 0 Å². The highest BCUT2D eigenvalue weighted by Crippen LogP contribution is 2.32. The van der Waals surface area contributed by atoms with Gasteiger partial charge in [0.05, 0.1) is 5.60 Å². The molecule has 4 nitrogen and oxygen atoms in total. The summed E-state index contributed by atoms with van der Waals surface area (Å²) in [4.78, 5) is 8.42. The van der Waals surface area contributed by atoms with Crippen LogP contribution < -0.4 is 5.32 Å². The molecule has 0 aliphatic heterocycles. The van der Waals surface area contributed by atoms with Crippen LogP contribution in [0.15, 0.2) is 11.2 Å². The fourth-order valence-electron chi connectivity index (χ4n) is 2.31. The third-order valence-electron chi connectivity index (χ3n) is 3.66. The number of nitrogens with zero attached hydrogens (tertiary/aromatic N) is 2. The highest BCUT2D eigenvalue weighted by atomic mass is 35.5. The Kier molecular flexibility index (Phi) is 4.92. The zero-order valence-corrected chi connectivity index (χ0v) is 12.9. The standard InChI is InChI=1S/C13H20ClN3OS/c1-9-3-5-13(18,6-4-9)8-15-11-7-10(14)16-12(17-11)19-2/h7,9,18H,3-6,8H2,1-2H3,(H,15,16,17). The van der Waals surface area contributed by atoms with Crippen molar-refractivity contribution < 1.29 is 5.11 Å². The van der Waals surface area contributed by atoms with Gasteiger partial charge in [0.15, 0.2) is 5.16 Å². The van der Waals surface area contributed by atoms with Gasteiger partial charge in [-0.05, 0) is 37.9 Å². The Morgan fingerprint density at radius 3 is 2.79 bits per heavy atom. The number of nitrogens with one attached hydrogen (secondary N) is 1. The molecule has 1 aliphatic rings. The van der Waals surface area contributed by atoms with Crippen molar-refractivity contribution >= 4 is 29.2 Å². The Labute approximate surface area is 123 Å². The number of aliphatic hydroxyl groups is 1. The van der Waals surface area contributed by atoms with Crippen LogP contribution >= 0.6 is 23.4 Å². The van der Waals surface area contributed by atoms with Crippen molar-refractivity contribution in [2.75, 3.05) is 18.1 Å². The van der Waals surface area contributed by atoms with Crippen molar-refractivity contribution in [1.82, 2.24) is 9.97 Å². The maximum atomic E-state index is 10.5.